The Morgan fingerprint density at radius 2 is 2.23 bits per heavy atom. The van der Waals surface area contributed by atoms with Crippen molar-refractivity contribution in [1.82, 2.24) is 4.98 Å². The van der Waals surface area contributed by atoms with E-state index in [0.29, 0.717) is 11.5 Å². The van der Waals surface area contributed by atoms with Crippen molar-refractivity contribution in [2.45, 2.75) is 17.2 Å². The third-order valence-electron chi connectivity index (χ3n) is 1.51. The molecule has 13 heavy (non-hydrogen) atoms. The molecule has 1 aromatic heterocycles. The van der Waals surface area contributed by atoms with Gasteiger partial charge in [0.1, 0.15) is 5.82 Å². The summed E-state index contributed by atoms with van der Waals surface area (Å²) >= 11 is 1.47. The van der Waals surface area contributed by atoms with Crippen molar-refractivity contribution in [2.75, 3.05) is 18.1 Å². The molecule has 0 aliphatic heterocycles. The predicted octanol–water partition coefficient (Wildman–Crippen LogP) is 0.719. The SMILES string of the molecule is CC(CO)Sc1ccc(N)c(N)n1. The minimum absolute atomic E-state index is 0.121. The number of hydrogen-bond acceptors (Lipinski definition) is 5. The van der Waals surface area contributed by atoms with Crippen molar-refractivity contribution in [2.24, 2.45) is 0 Å². The van der Waals surface area contributed by atoms with Gasteiger partial charge in [-0.25, -0.2) is 4.98 Å². The largest absolute Gasteiger partial charge is 0.396 e. The van der Waals surface area contributed by atoms with Gasteiger partial charge >= 0.3 is 0 Å². The number of rotatable bonds is 3. The fraction of sp³-hybridized carbons (Fsp3) is 0.375. The van der Waals surface area contributed by atoms with Crippen molar-refractivity contribution < 1.29 is 5.11 Å². The zero-order chi connectivity index (χ0) is 9.84. The molecule has 0 aliphatic carbocycles. The molecule has 0 saturated carbocycles. The number of aliphatic hydroxyl groups is 1. The van der Waals surface area contributed by atoms with Crippen LogP contribution in [-0.4, -0.2) is 21.9 Å². The van der Waals surface area contributed by atoms with Crippen LogP contribution in [0.15, 0.2) is 17.2 Å². The summed E-state index contributed by atoms with van der Waals surface area (Å²) in [7, 11) is 0. The number of aliphatic hydroxyl groups excluding tert-OH is 1. The van der Waals surface area contributed by atoms with Crippen LogP contribution in [0.5, 0.6) is 0 Å². The maximum absolute atomic E-state index is 8.82. The van der Waals surface area contributed by atoms with Gasteiger partial charge in [-0.15, -0.1) is 11.8 Å². The van der Waals surface area contributed by atoms with Gasteiger partial charge in [0.05, 0.1) is 17.3 Å². The second-order valence-electron chi connectivity index (χ2n) is 2.73. The summed E-state index contributed by atoms with van der Waals surface area (Å²) in [6.07, 6.45) is 0. The molecular weight excluding hydrogens is 186 g/mol. The number of nitrogens with zero attached hydrogens (tertiary/aromatic N) is 1. The van der Waals surface area contributed by atoms with Gasteiger partial charge in [-0.1, -0.05) is 6.92 Å². The third kappa shape index (κ3) is 2.78. The Hall–Kier alpha value is -0.940. The minimum Gasteiger partial charge on any atom is -0.396 e. The summed E-state index contributed by atoms with van der Waals surface area (Å²) in [6, 6.07) is 3.51. The Balaban J connectivity index is 2.73. The smallest absolute Gasteiger partial charge is 0.147 e. The molecule has 1 aromatic rings. The Morgan fingerprint density at radius 3 is 2.77 bits per heavy atom. The Kier molecular flexibility index (Phi) is 3.39. The summed E-state index contributed by atoms with van der Waals surface area (Å²) in [5.74, 6) is 0.343. The van der Waals surface area contributed by atoms with Gasteiger partial charge in [-0.3, -0.25) is 0 Å². The first-order chi connectivity index (χ1) is 6.13. The lowest BCUT2D eigenvalue weighted by atomic mass is 10.4. The topological polar surface area (TPSA) is 85.2 Å². The second kappa shape index (κ2) is 4.34. The van der Waals surface area contributed by atoms with E-state index in [4.69, 9.17) is 16.6 Å². The first-order valence-corrected chi connectivity index (χ1v) is 4.81. The van der Waals surface area contributed by atoms with Crippen molar-refractivity contribution in [3.8, 4) is 0 Å². The molecule has 0 aromatic carbocycles. The predicted molar refractivity (Wildman–Crippen MR) is 55.5 cm³/mol. The first kappa shape index (κ1) is 10.1. The van der Waals surface area contributed by atoms with Crippen LogP contribution in [0.3, 0.4) is 0 Å². The number of nitrogens with two attached hydrogens (primary N) is 2. The highest BCUT2D eigenvalue weighted by atomic mass is 32.2. The molecule has 1 heterocycles. The monoisotopic (exact) mass is 199 g/mol. The lowest BCUT2D eigenvalue weighted by Crippen LogP contribution is -2.04. The van der Waals surface area contributed by atoms with Gasteiger partial charge in [-0.2, -0.15) is 0 Å². The van der Waals surface area contributed by atoms with Gasteiger partial charge < -0.3 is 16.6 Å². The van der Waals surface area contributed by atoms with E-state index in [1.165, 1.54) is 11.8 Å². The van der Waals surface area contributed by atoms with E-state index in [-0.39, 0.29) is 11.9 Å². The first-order valence-electron chi connectivity index (χ1n) is 3.93. The number of hydrogen-bond donors (Lipinski definition) is 3. The molecule has 0 saturated heterocycles. The zero-order valence-corrected chi connectivity index (χ0v) is 8.21. The van der Waals surface area contributed by atoms with Gasteiger partial charge in [-0.05, 0) is 12.1 Å². The average molecular weight is 199 g/mol. The standard InChI is InChI=1S/C8H13N3OS/c1-5(4-12)13-7-3-2-6(9)8(10)11-7/h2-3,5,12H,4,9H2,1H3,(H2,10,11). The normalized spacial score (nSPS) is 12.8. The summed E-state index contributed by atoms with van der Waals surface area (Å²) in [4.78, 5) is 4.07. The summed E-state index contributed by atoms with van der Waals surface area (Å²) in [6.45, 7) is 2.04. The van der Waals surface area contributed by atoms with Crippen molar-refractivity contribution in [1.29, 1.82) is 0 Å². The molecule has 4 nitrogen and oxygen atoms in total. The molecule has 1 atom stereocenters. The van der Waals surface area contributed by atoms with E-state index in [2.05, 4.69) is 4.98 Å². The number of pyridine rings is 1. The lowest BCUT2D eigenvalue weighted by Gasteiger charge is -2.07. The Bertz CT molecular complexity index is 293. The molecule has 0 spiro atoms. The Morgan fingerprint density at radius 1 is 1.54 bits per heavy atom. The van der Waals surface area contributed by atoms with Crippen LogP contribution in [0.25, 0.3) is 0 Å². The van der Waals surface area contributed by atoms with Crippen LogP contribution in [0, 0.1) is 0 Å². The summed E-state index contributed by atoms with van der Waals surface area (Å²) in [5, 5.41) is 9.72. The van der Waals surface area contributed by atoms with Gasteiger partial charge in [0.25, 0.3) is 0 Å². The zero-order valence-electron chi connectivity index (χ0n) is 7.40. The van der Waals surface area contributed by atoms with Gasteiger partial charge in [0.15, 0.2) is 0 Å². The molecule has 5 N–H and O–H groups in total. The van der Waals surface area contributed by atoms with Crippen LogP contribution < -0.4 is 11.5 Å². The number of aromatic nitrogens is 1. The summed E-state index contributed by atoms with van der Waals surface area (Å²) < 4.78 is 0. The van der Waals surface area contributed by atoms with Gasteiger partial charge in [0.2, 0.25) is 0 Å². The average Bonchev–Trinajstić information content (AvgIpc) is 2.11. The molecule has 1 unspecified atom stereocenters. The molecule has 0 fully saturated rings. The number of nitrogen functional groups attached to an aromatic ring is 2. The van der Waals surface area contributed by atoms with Crippen molar-refractivity contribution in [3.63, 3.8) is 0 Å². The Labute approximate surface area is 81.3 Å². The van der Waals surface area contributed by atoms with E-state index >= 15 is 0 Å². The highest BCUT2D eigenvalue weighted by Gasteiger charge is 2.05. The summed E-state index contributed by atoms with van der Waals surface area (Å²) in [5.41, 5.74) is 11.5. The highest BCUT2D eigenvalue weighted by Crippen LogP contribution is 2.23. The molecule has 0 bridgehead atoms. The molecule has 0 amide bonds. The highest BCUT2D eigenvalue weighted by molar-refractivity contribution is 7.99. The van der Waals surface area contributed by atoms with Crippen LogP contribution in [0.4, 0.5) is 11.5 Å². The minimum atomic E-state index is 0.121. The van der Waals surface area contributed by atoms with Crippen LogP contribution in [0.1, 0.15) is 6.92 Å². The number of thioether (sulfide) groups is 1. The molecule has 0 radical (unpaired) electrons. The molecular formula is C8H13N3OS. The van der Waals surface area contributed by atoms with Crippen LogP contribution >= 0.6 is 11.8 Å². The molecule has 0 aliphatic rings. The molecule has 5 heteroatoms. The quantitative estimate of drug-likeness (QED) is 0.624. The van der Waals surface area contributed by atoms with Crippen molar-refractivity contribution >= 4 is 23.3 Å². The maximum Gasteiger partial charge on any atom is 0.147 e. The van der Waals surface area contributed by atoms with E-state index < -0.39 is 0 Å². The van der Waals surface area contributed by atoms with Crippen molar-refractivity contribution in [3.05, 3.63) is 12.1 Å². The fourth-order valence-corrected chi connectivity index (χ4v) is 1.56. The van der Waals surface area contributed by atoms with E-state index in [9.17, 15) is 0 Å². The van der Waals surface area contributed by atoms with E-state index in [1.807, 2.05) is 6.92 Å². The third-order valence-corrected chi connectivity index (χ3v) is 2.53. The van der Waals surface area contributed by atoms with Gasteiger partial charge in [0, 0.05) is 5.25 Å². The lowest BCUT2D eigenvalue weighted by molar-refractivity contribution is 0.300. The fourth-order valence-electron chi connectivity index (χ4n) is 0.776. The van der Waals surface area contributed by atoms with Crippen LogP contribution in [-0.2, 0) is 0 Å². The number of anilines is 2. The van der Waals surface area contributed by atoms with E-state index in [1.54, 1.807) is 12.1 Å². The molecule has 1 rings (SSSR count). The van der Waals surface area contributed by atoms with E-state index in [0.717, 1.165) is 5.03 Å². The van der Waals surface area contributed by atoms with Crippen LogP contribution in [0.2, 0.25) is 0 Å². The molecule has 72 valence electrons. The maximum atomic E-state index is 8.82. The second-order valence-corrected chi connectivity index (χ2v) is 4.19.